The predicted molar refractivity (Wildman–Crippen MR) is 94.6 cm³/mol. The van der Waals surface area contributed by atoms with Crippen molar-refractivity contribution in [3.63, 3.8) is 0 Å². The normalized spacial score (nSPS) is 16.8. The topological polar surface area (TPSA) is 75.3 Å². The zero-order valence-corrected chi connectivity index (χ0v) is 14.4. The Bertz CT molecular complexity index is 744. The molecule has 1 aromatic heterocycles. The molecule has 1 aromatic carbocycles. The Morgan fingerprint density at radius 2 is 2.08 bits per heavy atom. The van der Waals surface area contributed by atoms with Gasteiger partial charge in [-0.3, -0.25) is 9.59 Å². The first-order valence-electron chi connectivity index (χ1n) is 8.64. The first-order chi connectivity index (χ1) is 12.1. The molecule has 0 saturated carbocycles. The van der Waals surface area contributed by atoms with Crippen molar-refractivity contribution in [2.75, 3.05) is 19.7 Å². The smallest absolute Gasteiger partial charge is 0.274 e. The van der Waals surface area contributed by atoms with Gasteiger partial charge in [-0.1, -0.05) is 29.8 Å². The molecule has 0 aliphatic carbocycles. The van der Waals surface area contributed by atoms with Crippen LogP contribution in [0, 0.1) is 6.92 Å². The molecule has 1 aliphatic heterocycles. The molecule has 0 radical (unpaired) electrons. The Labute approximate surface area is 146 Å². The average Bonchev–Trinajstić information content (AvgIpc) is 3.13. The Morgan fingerprint density at radius 3 is 2.72 bits per heavy atom. The van der Waals surface area contributed by atoms with Crippen molar-refractivity contribution in [3.05, 3.63) is 63.6 Å². The summed E-state index contributed by atoms with van der Waals surface area (Å²) >= 11 is 0. The molecule has 6 heteroatoms. The second kappa shape index (κ2) is 8.07. The van der Waals surface area contributed by atoms with Crippen molar-refractivity contribution in [1.82, 2.24) is 15.1 Å². The van der Waals surface area contributed by atoms with Crippen molar-refractivity contribution in [3.8, 4) is 0 Å². The molecule has 1 atom stereocenters. The van der Waals surface area contributed by atoms with Gasteiger partial charge < -0.3 is 9.64 Å². The molecule has 2 heterocycles. The number of H-pyrrole nitrogens is 1. The van der Waals surface area contributed by atoms with Crippen LogP contribution < -0.4 is 5.56 Å². The number of ether oxygens (including phenoxy) is 1. The second-order valence-corrected chi connectivity index (χ2v) is 6.43. The van der Waals surface area contributed by atoms with Crippen LogP contribution in [0.25, 0.3) is 0 Å². The Balaban J connectivity index is 1.71. The van der Waals surface area contributed by atoms with Crippen LogP contribution in [0.4, 0.5) is 0 Å². The fourth-order valence-electron chi connectivity index (χ4n) is 2.95. The lowest BCUT2D eigenvalue weighted by Gasteiger charge is -2.25. The van der Waals surface area contributed by atoms with Gasteiger partial charge in [0.05, 0.1) is 6.10 Å². The van der Waals surface area contributed by atoms with Crippen LogP contribution in [0.5, 0.6) is 0 Å². The predicted octanol–water partition coefficient (Wildman–Crippen LogP) is 1.94. The molecule has 132 valence electrons. The van der Waals surface area contributed by atoms with Crippen molar-refractivity contribution in [2.45, 2.75) is 32.3 Å². The summed E-state index contributed by atoms with van der Waals surface area (Å²) in [4.78, 5) is 25.7. The molecular weight excluding hydrogens is 318 g/mol. The van der Waals surface area contributed by atoms with Crippen molar-refractivity contribution >= 4 is 5.91 Å². The molecule has 0 bridgehead atoms. The number of hydrogen-bond donors (Lipinski definition) is 1. The number of carbonyl (C=O) groups excluding carboxylic acids is 1. The summed E-state index contributed by atoms with van der Waals surface area (Å²) in [7, 11) is 0. The molecule has 1 unspecified atom stereocenters. The quantitative estimate of drug-likeness (QED) is 0.871. The summed E-state index contributed by atoms with van der Waals surface area (Å²) in [6, 6.07) is 11.1. The van der Waals surface area contributed by atoms with E-state index in [4.69, 9.17) is 4.74 Å². The van der Waals surface area contributed by atoms with Gasteiger partial charge in [-0.15, -0.1) is 0 Å². The van der Waals surface area contributed by atoms with E-state index < -0.39 is 0 Å². The van der Waals surface area contributed by atoms with E-state index in [0.29, 0.717) is 13.1 Å². The summed E-state index contributed by atoms with van der Waals surface area (Å²) < 4.78 is 5.68. The van der Waals surface area contributed by atoms with Gasteiger partial charge in [0.2, 0.25) is 0 Å². The number of carbonyl (C=O) groups is 1. The lowest BCUT2D eigenvalue weighted by molar-refractivity contribution is 0.0523. The molecule has 2 aromatic rings. The van der Waals surface area contributed by atoms with Crippen LogP contribution in [-0.2, 0) is 11.2 Å². The minimum absolute atomic E-state index is 0.0738. The first-order valence-corrected chi connectivity index (χ1v) is 8.64. The van der Waals surface area contributed by atoms with E-state index in [0.717, 1.165) is 25.9 Å². The second-order valence-electron chi connectivity index (χ2n) is 6.43. The van der Waals surface area contributed by atoms with Gasteiger partial charge in [0.15, 0.2) is 0 Å². The van der Waals surface area contributed by atoms with Crippen molar-refractivity contribution in [1.29, 1.82) is 0 Å². The number of aromatic amines is 1. The molecule has 3 rings (SSSR count). The van der Waals surface area contributed by atoms with Crippen LogP contribution in [0.2, 0.25) is 0 Å². The summed E-state index contributed by atoms with van der Waals surface area (Å²) in [5, 5.41) is 6.20. The summed E-state index contributed by atoms with van der Waals surface area (Å²) in [6.07, 6.45) is 2.83. The number of aryl methyl sites for hydroxylation is 1. The number of nitrogens with zero attached hydrogens (tertiary/aromatic N) is 2. The highest BCUT2D eigenvalue weighted by Crippen LogP contribution is 2.15. The number of benzene rings is 1. The molecule has 1 aliphatic rings. The molecular formula is C19H23N3O3. The van der Waals surface area contributed by atoms with Crippen molar-refractivity contribution < 1.29 is 9.53 Å². The Morgan fingerprint density at radius 1 is 1.28 bits per heavy atom. The first kappa shape index (κ1) is 17.4. The van der Waals surface area contributed by atoms with Crippen molar-refractivity contribution in [2.24, 2.45) is 0 Å². The fourth-order valence-corrected chi connectivity index (χ4v) is 2.95. The highest BCUT2D eigenvalue weighted by atomic mass is 16.5. The minimum atomic E-state index is -0.318. The van der Waals surface area contributed by atoms with Crippen LogP contribution in [0.3, 0.4) is 0 Å². The van der Waals surface area contributed by atoms with Gasteiger partial charge in [0.25, 0.3) is 11.5 Å². The van der Waals surface area contributed by atoms with Gasteiger partial charge in [0.1, 0.15) is 5.69 Å². The standard InChI is InChI=1S/C19H23N3O3/c1-14-4-6-15(7-5-14)10-11-22(13-16-3-2-12-25-16)19(24)17-8-9-18(23)21-20-17/h4-9,16H,2-3,10-13H2,1H3,(H,21,23). The van der Waals surface area contributed by atoms with Gasteiger partial charge in [-0.25, -0.2) is 5.10 Å². The number of hydrogen-bond acceptors (Lipinski definition) is 4. The monoisotopic (exact) mass is 341 g/mol. The SMILES string of the molecule is Cc1ccc(CCN(CC2CCCO2)C(=O)c2ccc(=O)[nH]n2)cc1. The van der Waals surface area contributed by atoms with E-state index in [1.165, 1.54) is 23.3 Å². The Kier molecular flexibility index (Phi) is 5.60. The van der Waals surface area contributed by atoms with Crippen LogP contribution in [-0.4, -0.2) is 46.8 Å². The third kappa shape index (κ3) is 4.76. The van der Waals surface area contributed by atoms with Gasteiger partial charge in [-0.05, 0) is 37.8 Å². The van der Waals surface area contributed by atoms with Gasteiger partial charge >= 0.3 is 0 Å². The lowest BCUT2D eigenvalue weighted by atomic mass is 10.1. The largest absolute Gasteiger partial charge is 0.376 e. The van der Waals surface area contributed by atoms with E-state index in [2.05, 4.69) is 41.4 Å². The van der Waals surface area contributed by atoms with Crippen LogP contribution >= 0.6 is 0 Å². The summed E-state index contributed by atoms with van der Waals surface area (Å²) in [5.74, 6) is -0.182. The summed E-state index contributed by atoms with van der Waals surface area (Å²) in [6.45, 7) is 3.94. The van der Waals surface area contributed by atoms with Crippen LogP contribution in [0.15, 0.2) is 41.2 Å². The number of amides is 1. The Hall–Kier alpha value is -2.47. The number of rotatable bonds is 6. The molecule has 1 amide bonds. The van der Waals surface area contributed by atoms with Crippen LogP contribution in [0.1, 0.15) is 34.5 Å². The average molecular weight is 341 g/mol. The highest BCUT2D eigenvalue weighted by Gasteiger charge is 2.24. The summed E-state index contributed by atoms with van der Waals surface area (Å²) in [5.41, 5.74) is 2.34. The molecule has 1 saturated heterocycles. The minimum Gasteiger partial charge on any atom is -0.376 e. The maximum absolute atomic E-state index is 12.8. The zero-order chi connectivity index (χ0) is 17.6. The molecule has 1 N–H and O–H groups in total. The number of aromatic nitrogens is 2. The maximum atomic E-state index is 12.8. The molecule has 1 fully saturated rings. The third-order valence-corrected chi connectivity index (χ3v) is 4.42. The lowest BCUT2D eigenvalue weighted by Crippen LogP contribution is -2.39. The molecule has 6 nitrogen and oxygen atoms in total. The van der Waals surface area contributed by atoms with E-state index in [1.54, 1.807) is 4.90 Å². The van der Waals surface area contributed by atoms with E-state index >= 15 is 0 Å². The number of nitrogens with one attached hydrogen (secondary N) is 1. The molecule has 0 spiro atoms. The van der Waals surface area contributed by atoms with E-state index in [-0.39, 0.29) is 23.3 Å². The van der Waals surface area contributed by atoms with Gasteiger partial charge in [0, 0.05) is 25.8 Å². The van der Waals surface area contributed by atoms with E-state index in [1.807, 2.05) is 0 Å². The van der Waals surface area contributed by atoms with Gasteiger partial charge in [-0.2, -0.15) is 5.10 Å². The third-order valence-electron chi connectivity index (χ3n) is 4.42. The fraction of sp³-hybridized carbons (Fsp3) is 0.421. The molecule has 25 heavy (non-hydrogen) atoms. The highest BCUT2D eigenvalue weighted by molar-refractivity contribution is 5.92. The maximum Gasteiger partial charge on any atom is 0.274 e. The van der Waals surface area contributed by atoms with E-state index in [9.17, 15) is 9.59 Å². The zero-order valence-electron chi connectivity index (χ0n) is 14.4.